The second-order valence-electron chi connectivity index (χ2n) is 5.52. The Kier molecular flexibility index (Phi) is 6.01. The van der Waals surface area contributed by atoms with E-state index >= 15 is 0 Å². The molecule has 2 unspecified atom stereocenters. The minimum absolute atomic E-state index is 0.258. The van der Waals surface area contributed by atoms with Gasteiger partial charge in [0.25, 0.3) is 0 Å². The van der Waals surface area contributed by atoms with Crippen LogP contribution in [0.1, 0.15) is 55.8 Å². The fourth-order valence-corrected chi connectivity index (χ4v) is 2.80. The van der Waals surface area contributed by atoms with Gasteiger partial charge < -0.3 is 5.32 Å². The second-order valence-corrected chi connectivity index (χ2v) is 6.43. The van der Waals surface area contributed by atoms with Crippen LogP contribution in [0.5, 0.6) is 0 Å². The average Bonchev–Trinajstić information content (AvgIpc) is 2.53. The lowest BCUT2D eigenvalue weighted by molar-refractivity contribution is 0.629. The Morgan fingerprint density at radius 2 is 1.33 bits per heavy atom. The largest absolute Gasteiger partial charge is 0.307 e. The van der Waals surface area contributed by atoms with Crippen LogP contribution in [0, 0.1) is 0 Å². The van der Waals surface area contributed by atoms with Crippen molar-refractivity contribution < 1.29 is 0 Å². The zero-order chi connectivity index (χ0) is 15.2. The molecule has 1 N–H and O–H groups in total. The molecule has 0 aromatic heterocycles. The molecular formula is C19H24BrN. The van der Waals surface area contributed by atoms with E-state index in [4.69, 9.17) is 0 Å². The number of benzene rings is 2. The molecule has 0 heterocycles. The Morgan fingerprint density at radius 3 is 1.81 bits per heavy atom. The van der Waals surface area contributed by atoms with Gasteiger partial charge in [0.2, 0.25) is 0 Å². The van der Waals surface area contributed by atoms with Gasteiger partial charge in [-0.05, 0) is 47.7 Å². The molecule has 0 saturated carbocycles. The molecule has 0 fully saturated rings. The van der Waals surface area contributed by atoms with Crippen LogP contribution < -0.4 is 5.32 Å². The number of nitrogens with one attached hydrogen (secondary N) is 1. The normalized spacial score (nSPS) is 13.9. The molecule has 2 heteroatoms. The first-order valence-corrected chi connectivity index (χ1v) is 8.53. The van der Waals surface area contributed by atoms with Crippen molar-refractivity contribution >= 4 is 15.9 Å². The smallest absolute Gasteiger partial charge is 0.0576 e. The SMILES string of the molecule is CCNC(c1ccc(Br)cc1)c1ccc(C(C)CC)cc1. The van der Waals surface area contributed by atoms with E-state index in [9.17, 15) is 0 Å². The van der Waals surface area contributed by atoms with Gasteiger partial charge in [0.05, 0.1) is 6.04 Å². The summed E-state index contributed by atoms with van der Waals surface area (Å²) >= 11 is 3.50. The Bertz CT molecular complexity index is 545. The molecule has 0 aliphatic rings. The Hall–Kier alpha value is -1.12. The maximum Gasteiger partial charge on any atom is 0.0576 e. The Balaban J connectivity index is 2.27. The third kappa shape index (κ3) is 4.18. The van der Waals surface area contributed by atoms with E-state index in [1.165, 1.54) is 23.1 Å². The van der Waals surface area contributed by atoms with Crippen LogP contribution in [-0.4, -0.2) is 6.54 Å². The molecule has 1 nitrogen and oxygen atoms in total. The van der Waals surface area contributed by atoms with E-state index in [1.807, 2.05) is 0 Å². The number of hydrogen-bond donors (Lipinski definition) is 1. The Labute approximate surface area is 136 Å². The Morgan fingerprint density at radius 1 is 0.857 bits per heavy atom. The van der Waals surface area contributed by atoms with Crippen LogP contribution in [0.2, 0.25) is 0 Å². The predicted molar refractivity (Wildman–Crippen MR) is 94.8 cm³/mol. The highest BCUT2D eigenvalue weighted by Gasteiger charge is 2.13. The monoisotopic (exact) mass is 345 g/mol. The first kappa shape index (κ1) is 16.3. The lowest BCUT2D eigenvalue weighted by atomic mass is 9.93. The molecule has 0 aliphatic carbocycles. The standard InChI is InChI=1S/C19H24BrN/c1-4-14(3)15-6-8-16(9-7-15)19(21-5-2)17-10-12-18(20)13-11-17/h6-14,19,21H,4-5H2,1-3H3. The molecule has 21 heavy (non-hydrogen) atoms. The van der Waals surface area contributed by atoms with Gasteiger partial charge in [0.15, 0.2) is 0 Å². The van der Waals surface area contributed by atoms with E-state index in [2.05, 4.69) is 90.5 Å². The van der Waals surface area contributed by atoms with E-state index in [1.54, 1.807) is 0 Å². The molecule has 0 saturated heterocycles. The zero-order valence-electron chi connectivity index (χ0n) is 13.1. The maximum absolute atomic E-state index is 3.58. The molecular weight excluding hydrogens is 322 g/mol. The lowest BCUT2D eigenvalue weighted by Crippen LogP contribution is -2.21. The fourth-order valence-electron chi connectivity index (χ4n) is 2.54. The van der Waals surface area contributed by atoms with Crippen molar-refractivity contribution in [1.29, 1.82) is 0 Å². The average molecular weight is 346 g/mol. The van der Waals surface area contributed by atoms with Gasteiger partial charge in [0.1, 0.15) is 0 Å². The summed E-state index contributed by atoms with van der Waals surface area (Å²) in [6.07, 6.45) is 1.18. The van der Waals surface area contributed by atoms with Gasteiger partial charge in [-0.3, -0.25) is 0 Å². The van der Waals surface area contributed by atoms with Crippen molar-refractivity contribution in [3.8, 4) is 0 Å². The van der Waals surface area contributed by atoms with Gasteiger partial charge in [-0.1, -0.05) is 73.1 Å². The van der Waals surface area contributed by atoms with Crippen molar-refractivity contribution in [3.05, 3.63) is 69.7 Å². The van der Waals surface area contributed by atoms with E-state index < -0.39 is 0 Å². The number of hydrogen-bond acceptors (Lipinski definition) is 1. The summed E-state index contributed by atoms with van der Waals surface area (Å²) in [5.41, 5.74) is 4.05. The first-order chi connectivity index (χ1) is 10.2. The van der Waals surface area contributed by atoms with Crippen LogP contribution >= 0.6 is 15.9 Å². The van der Waals surface area contributed by atoms with E-state index in [0.29, 0.717) is 5.92 Å². The molecule has 2 atom stereocenters. The van der Waals surface area contributed by atoms with Crippen LogP contribution in [0.25, 0.3) is 0 Å². The van der Waals surface area contributed by atoms with Gasteiger partial charge in [-0.2, -0.15) is 0 Å². The molecule has 0 bridgehead atoms. The van der Waals surface area contributed by atoms with Crippen LogP contribution in [0.3, 0.4) is 0 Å². The van der Waals surface area contributed by atoms with Crippen LogP contribution in [0.15, 0.2) is 53.0 Å². The van der Waals surface area contributed by atoms with Crippen molar-refractivity contribution in [2.45, 2.75) is 39.2 Å². The van der Waals surface area contributed by atoms with Crippen LogP contribution in [0.4, 0.5) is 0 Å². The number of halogens is 1. The highest BCUT2D eigenvalue weighted by atomic mass is 79.9. The van der Waals surface area contributed by atoms with Gasteiger partial charge >= 0.3 is 0 Å². The predicted octanol–water partition coefficient (Wildman–Crippen LogP) is 5.66. The minimum Gasteiger partial charge on any atom is -0.307 e. The van der Waals surface area contributed by atoms with Crippen LogP contribution in [-0.2, 0) is 0 Å². The molecule has 2 rings (SSSR count). The van der Waals surface area contributed by atoms with E-state index in [0.717, 1.165) is 11.0 Å². The van der Waals surface area contributed by atoms with Crippen molar-refractivity contribution in [2.75, 3.05) is 6.54 Å². The third-order valence-corrected chi connectivity index (χ3v) is 4.59. The summed E-state index contributed by atoms with van der Waals surface area (Å²) in [6.45, 7) is 7.63. The zero-order valence-corrected chi connectivity index (χ0v) is 14.7. The topological polar surface area (TPSA) is 12.0 Å². The molecule has 0 aliphatic heterocycles. The van der Waals surface area contributed by atoms with Crippen molar-refractivity contribution in [1.82, 2.24) is 5.32 Å². The summed E-state index contributed by atoms with van der Waals surface area (Å²) in [5.74, 6) is 0.629. The summed E-state index contributed by atoms with van der Waals surface area (Å²) in [6, 6.07) is 17.9. The quantitative estimate of drug-likeness (QED) is 0.711. The first-order valence-electron chi connectivity index (χ1n) is 7.74. The molecule has 0 spiro atoms. The fraction of sp³-hybridized carbons (Fsp3) is 0.368. The molecule has 0 amide bonds. The van der Waals surface area contributed by atoms with Gasteiger partial charge in [-0.25, -0.2) is 0 Å². The van der Waals surface area contributed by atoms with Crippen molar-refractivity contribution in [2.24, 2.45) is 0 Å². The number of rotatable bonds is 6. The second kappa shape index (κ2) is 7.77. The third-order valence-electron chi connectivity index (χ3n) is 4.06. The summed E-state index contributed by atoms with van der Waals surface area (Å²) < 4.78 is 1.12. The summed E-state index contributed by atoms with van der Waals surface area (Å²) in [7, 11) is 0. The maximum atomic E-state index is 3.58. The summed E-state index contributed by atoms with van der Waals surface area (Å²) in [5, 5.41) is 3.58. The lowest BCUT2D eigenvalue weighted by Gasteiger charge is -2.20. The molecule has 112 valence electrons. The van der Waals surface area contributed by atoms with Gasteiger partial charge in [-0.15, -0.1) is 0 Å². The van der Waals surface area contributed by atoms with Crippen molar-refractivity contribution in [3.63, 3.8) is 0 Å². The highest BCUT2D eigenvalue weighted by Crippen LogP contribution is 2.26. The summed E-state index contributed by atoms with van der Waals surface area (Å²) in [4.78, 5) is 0. The molecule has 2 aromatic carbocycles. The highest BCUT2D eigenvalue weighted by molar-refractivity contribution is 9.10. The minimum atomic E-state index is 0.258. The molecule has 2 aromatic rings. The molecule has 0 radical (unpaired) electrons. The van der Waals surface area contributed by atoms with E-state index in [-0.39, 0.29) is 6.04 Å². The van der Waals surface area contributed by atoms with Gasteiger partial charge in [0, 0.05) is 4.47 Å².